The molecule has 1 amide bonds. The van der Waals surface area contributed by atoms with E-state index < -0.39 is 10.0 Å². The van der Waals surface area contributed by atoms with Gasteiger partial charge < -0.3 is 10.1 Å². The second-order valence-corrected chi connectivity index (χ2v) is 7.99. The lowest BCUT2D eigenvalue weighted by Gasteiger charge is -2.12. The summed E-state index contributed by atoms with van der Waals surface area (Å²) < 4.78 is 32.6. The molecule has 26 heavy (non-hydrogen) atoms. The summed E-state index contributed by atoms with van der Waals surface area (Å²) in [5.41, 5.74) is 1.48. The van der Waals surface area contributed by atoms with E-state index in [0.29, 0.717) is 12.3 Å². The van der Waals surface area contributed by atoms with Crippen molar-refractivity contribution in [2.24, 2.45) is 0 Å². The molecule has 1 unspecified atom stereocenters. The van der Waals surface area contributed by atoms with E-state index in [-0.39, 0.29) is 29.9 Å². The molecule has 0 saturated carbocycles. The Morgan fingerprint density at radius 3 is 2.46 bits per heavy atom. The van der Waals surface area contributed by atoms with Crippen LogP contribution in [0.15, 0.2) is 59.5 Å². The molecule has 1 saturated heterocycles. The molecule has 0 aliphatic carbocycles. The summed E-state index contributed by atoms with van der Waals surface area (Å²) in [7, 11) is -3.58. The predicted molar refractivity (Wildman–Crippen MR) is 99.4 cm³/mol. The van der Waals surface area contributed by atoms with Crippen LogP contribution < -0.4 is 10.0 Å². The number of nitrogens with one attached hydrogen (secondary N) is 2. The van der Waals surface area contributed by atoms with Gasteiger partial charge in [-0.3, -0.25) is 4.79 Å². The zero-order valence-electron chi connectivity index (χ0n) is 14.4. The Balaban J connectivity index is 1.56. The Hall–Kier alpha value is -2.22. The first-order chi connectivity index (χ1) is 12.5. The molecule has 7 heteroatoms. The molecule has 0 aromatic heterocycles. The minimum atomic E-state index is -3.58. The summed E-state index contributed by atoms with van der Waals surface area (Å²) in [6.45, 7) is 0.960. The molecule has 1 atom stereocenters. The standard InChI is InChI=1S/C19H22N2O4S/c22-19(13-15-5-2-1-3-6-15)21-16-8-10-18(11-9-16)26(23,24)20-14-17-7-4-12-25-17/h1-3,5-6,8-11,17,20H,4,7,12-14H2,(H,21,22). The molecule has 138 valence electrons. The van der Waals surface area contributed by atoms with E-state index in [1.165, 1.54) is 12.1 Å². The Labute approximate surface area is 153 Å². The average Bonchev–Trinajstić information content (AvgIpc) is 3.15. The van der Waals surface area contributed by atoms with Crippen molar-refractivity contribution in [1.29, 1.82) is 0 Å². The monoisotopic (exact) mass is 374 g/mol. The number of rotatable bonds is 7. The number of amides is 1. The van der Waals surface area contributed by atoms with E-state index in [0.717, 1.165) is 18.4 Å². The van der Waals surface area contributed by atoms with Gasteiger partial charge in [-0.05, 0) is 42.7 Å². The highest BCUT2D eigenvalue weighted by Crippen LogP contribution is 2.16. The molecular weight excluding hydrogens is 352 g/mol. The minimum Gasteiger partial charge on any atom is -0.377 e. The smallest absolute Gasteiger partial charge is 0.240 e. The maximum absolute atomic E-state index is 12.3. The highest BCUT2D eigenvalue weighted by atomic mass is 32.2. The molecule has 0 bridgehead atoms. The molecule has 1 heterocycles. The normalized spacial score (nSPS) is 17.2. The Kier molecular flexibility index (Phi) is 6.03. The van der Waals surface area contributed by atoms with Crippen LogP contribution in [0.25, 0.3) is 0 Å². The predicted octanol–water partition coefficient (Wildman–Crippen LogP) is 2.33. The molecule has 2 aromatic carbocycles. The van der Waals surface area contributed by atoms with Gasteiger partial charge in [-0.25, -0.2) is 13.1 Å². The van der Waals surface area contributed by atoms with Crippen LogP contribution in [0.5, 0.6) is 0 Å². The fourth-order valence-corrected chi connectivity index (χ4v) is 3.86. The summed E-state index contributed by atoms with van der Waals surface area (Å²) in [6, 6.07) is 15.6. The van der Waals surface area contributed by atoms with Crippen LogP contribution in [0.4, 0.5) is 5.69 Å². The van der Waals surface area contributed by atoms with Crippen LogP contribution in [0.2, 0.25) is 0 Å². The Morgan fingerprint density at radius 2 is 1.81 bits per heavy atom. The van der Waals surface area contributed by atoms with Gasteiger partial charge in [0.1, 0.15) is 0 Å². The van der Waals surface area contributed by atoms with Crippen LogP contribution in [0, 0.1) is 0 Å². The molecule has 0 spiro atoms. The fraction of sp³-hybridized carbons (Fsp3) is 0.316. The number of carbonyl (C=O) groups excluding carboxylic acids is 1. The quantitative estimate of drug-likeness (QED) is 0.779. The van der Waals surface area contributed by atoms with Gasteiger partial charge >= 0.3 is 0 Å². The van der Waals surface area contributed by atoms with Crippen LogP contribution >= 0.6 is 0 Å². The van der Waals surface area contributed by atoms with E-state index in [1.54, 1.807) is 12.1 Å². The maximum Gasteiger partial charge on any atom is 0.240 e. The number of carbonyl (C=O) groups is 1. The molecule has 1 aliphatic heterocycles. The van der Waals surface area contributed by atoms with Crippen molar-refractivity contribution in [3.05, 3.63) is 60.2 Å². The fourth-order valence-electron chi connectivity index (χ4n) is 2.80. The average molecular weight is 374 g/mol. The van der Waals surface area contributed by atoms with E-state index in [9.17, 15) is 13.2 Å². The van der Waals surface area contributed by atoms with Crippen molar-refractivity contribution in [1.82, 2.24) is 4.72 Å². The van der Waals surface area contributed by atoms with E-state index >= 15 is 0 Å². The molecule has 6 nitrogen and oxygen atoms in total. The number of benzene rings is 2. The van der Waals surface area contributed by atoms with Crippen LogP contribution in [-0.2, 0) is 26.0 Å². The van der Waals surface area contributed by atoms with Crippen molar-refractivity contribution < 1.29 is 17.9 Å². The summed E-state index contributed by atoms with van der Waals surface area (Å²) in [4.78, 5) is 12.2. The molecule has 1 fully saturated rings. The zero-order chi connectivity index (χ0) is 18.4. The van der Waals surface area contributed by atoms with Crippen molar-refractivity contribution in [3.8, 4) is 0 Å². The van der Waals surface area contributed by atoms with E-state index in [1.807, 2.05) is 30.3 Å². The molecule has 1 aliphatic rings. The van der Waals surface area contributed by atoms with Gasteiger partial charge in [0.2, 0.25) is 15.9 Å². The summed E-state index contributed by atoms with van der Waals surface area (Å²) in [5.74, 6) is -0.150. The van der Waals surface area contributed by atoms with Gasteiger partial charge in [0.15, 0.2) is 0 Å². The van der Waals surface area contributed by atoms with Crippen LogP contribution in [0.1, 0.15) is 18.4 Å². The molecule has 2 N–H and O–H groups in total. The topological polar surface area (TPSA) is 84.5 Å². The van der Waals surface area contributed by atoms with Gasteiger partial charge in [-0.1, -0.05) is 30.3 Å². The van der Waals surface area contributed by atoms with Crippen molar-refractivity contribution in [2.45, 2.75) is 30.3 Å². The molecule has 0 radical (unpaired) electrons. The third-order valence-corrected chi connectivity index (χ3v) is 5.62. The Morgan fingerprint density at radius 1 is 1.08 bits per heavy atom. The second-order valence-electron chi connectivity index (χ2n) is 6.22. The van der Waals surface area contributed by atoms with Crippen LogP contribution in [0.3, 0.4) is 0 Å². The van der Waals surface area contributed by atoms with Crippen LogP contribution in [-0.4, -0.2) is 33.6 Å². The van der Waals surface area contributed by atoms with Crippen molar-refractivity contribution in [3.63, 3.8) is 0 Å². The number of anilines is 1. The van der Waals surface area contributed by atoms with E-state index in [2.05, 4.69) is 10.0 Å². The largest absolute Gasteiger partial charge is 0.377 e. The number of hydrogen-bond acceptors (Lipinski definition) is 4. The van der Waals surface area contributed by atoms with Crippen molar-refractivity contribution >= 4 is 21.6 Å². The third-order valence-electron chi connectivity index (χ3n) is 4.18. The van der Waals surface area contributed by atoms with Gasteiger partial charge in [-0.15, -0.1) is 0 Å². The zero-order valence-corrected chi connectivity index (χ0v) is 15.2. The van der Waals surface area contributed by atoms with Gasteiger partial charge in [0.05, 0.1) is 17.4 Å². The first-order valence-electron chi connectivity index (χ1n) is 8.58. The number of sulfonamides is 1. The molecular formula is C19H22N2O4S. The summed E-state index contributed by atoms with van der Waals surface area (Å²) in [6.07, 6.45) is 2.05. The third kappa shape index (κ3) is 5.14. The maximum atomic E-state index is 12.3. The van der Waals surface area contributed by atoms with Gasteiger partial charge in [0, 0.05) is 18.8 Å². The lowest BCUT2D eigenvalue weighted by molar-refractivity contribution is -0.115. The SMILES string of the molecule is O=C(Cc1ccccc1)Nc1ccc(S(=O)(=O)NCC2CCCO2)cc1. The van der Waals surface area contributed by atoms with Crippen molar-refractivity contribution in [2.75, 3.05) is 18.5 Å². The molecule has 2 aromatic rings. The highest BCUT2D eigenvalue weighted by molar-refractivity contribution is 7.89. The summed E-state index contributed by atoms with van der Waals surface area (Å²) >= 11 is 0. The molecule has 3 rings (SSSR count). The number of ether oxygens (including phenoxy) is 1. The lowest BCUT2D eigenvalue weighted by atomic mass is 10.1. The van der Waals surface area contributed by atoms with Gasteiger partial charge in [-0.2, -0.15) is 0 Å². The minimum absolute atomic E-state index is 0.0543. The summed E-state index contributed by atoms with van der Waals surface area (Å²) in [5, 5.41) is 2.77. The Bertz CT molecular complexity index is 830. The highest BCUT2D eigenvalue weighted by Gasteiger charge is 2.20. The lowest BCUT2D eigenvalue weighted by Crippen LogP contribution is -2.31. The number of hydrogen-bond donors (Lipinski definition) is 2. The first-order valence-corrected chi connectivity index (χ1v) is 10.1. The first kappa shape index (κ1) is 18.6. The second kappa shape index (κ2) is 8.44. The van der Waals surface area contributed by atoms with Gasteiger partial charge in [0.25, 0.3) is 0 Å². The van der Waals surface area contributed by atoms with E-state index in [4.69, 9.17) is 4.74 Å².